The predicted octanol–water partition coefficient (Wildman–Crippen LogP) is 8.61. The van der Waals surface area contributed by atoms with Gasteiger partial charge in [0.25, 0.3) is 5.69 Å². The first-order valence-corrected chi connectivity index (χ1v) is 15.9. The second-order valence-electron chi connectivity index (χ2n) is 12.3. The normalized spacial score (nSPS) is 14.2. The number of hydrogen-bond donors (Lipinski definition) is 1. The Morgan fingerprint density at radius 2 is 1.62 bits per heavy atom. The minimum atomic E-state index is -0.345. The molecule has 0 saturated carbocycles. The summed E-state index contributed by atoms with van der Waals surface area (Å²) < 4.78 is 2.30. The molecule has 1 fully saturated rings. The number of amides is 1. The lowest BCUT2D eigenvalue weighted by Crippen LogP contribution is -2.33. The van der Waals surface area contributed by atoms with E-state index in [0.29, 0.717) is 5.92 Å². The molecule has 45 heavy (non-hydrogen) atoms. The monoisotopic (exact) mass is 600 g/mol. The minimum absolute atomic E-state index is 0.0444. The maximum absolute atomic E-state index is 12.2. The molecule has 1 saturated heterocycles. The van der Waals surface area contributed by atoms with E-state index in [9.17, 15) is 14.9 Å². The van der Waals surface area contributed by atoms with Gasteiger partial charge >= 0.3 is 0 Å². The van der Waals surface area contributed by atoms with E-state index in [1.165, 1.54) is 16.5 Å². The van der Waals surface area contributed by atoms with Gasteiger partial charge in [-0.3, -0.25) is 14.9 Å². The first-order chi connectivity index (χ1) is 21.9. The quantitative estimate of drug-likeness (QED) is 0.129. The van der Waals surface area contributed by atoms with Crippen molar-refractivity contribution >= 4 is 28.2 Å². The maximum atomic E-state index is 12.2. The van der Waals surface area contributed by atoms with Crippen LogP contribution < -0.4 is 5.32 Å². The molecule has 7 nitrogen and oxygen atoms in total. The lowest BCUT2D eigenvalue weighted by Gasteiger charge is -2.32. The van der Waals surface area contributed by atoms with Crippen molar-refractivity contribution in [2.24, 2.45) is 5.92 Å². The Morgan fingerprint density at radius 3 is 2.33 bits per heavy atom. The number of nitro benzene ring substituents is 1. The third kappa shape index (κ3) is 6.69. The van der Waals surface area contributed by atoms with E-state index in [2.05, 4.69) is 63.3 Å². The zero-order chi connectivity index (χ0) is 31.3. The summed E-state index contributed by atoms with van der Waals surface area (Å²) in [6.07, 6.45) is 4.13. The molecule has 0 aliphatic carbocycles. The van der Waals surface area contributed by atoms with E-state index >= 15 is 0 Å². The molecule has 7 heteroatoms. The van der Waals surface area contributed by atoms with Gasteiger partial charge in [0.05, 0.1) is 16.1 Å². The molecule has 1 aliphatic rings. The predicted molar refractivity (Wildman–Crippen MR) is 182 cm³/mol. The van der Waals surface area contributed by atoms with E-state index in [1.54, 1.807) is 12.1 Å². The zero-order valence-corrected chi connectivity index (χ0v) is 26.0. The van der Waals surface area contributed by atoms with Gasteiger partial charge in [-0.1, -0.05) is 62.4 Å². The van der Waals surface area contributed by atoms with E-state index in [4.69, 9.17) is 0 Å². The number of nitro groups is 1. The number of fused-ring (bicyclic) bond motifs is 1. The lowest BCUT2D eigenvalue weighted by atomic mass is 9.89. The molecule has 4 aromatic carbocycles. The van der Waals surface area contributed by atoms with Crippen molar-refractivity contribution in [3.63, 3.8) is 0 Å². The first-order valence-electron chi connectivity index (χ1n) is 15.9. The van der Waals surface area contributed by atoms with Crippen molar-refractivity contribution in [3.8, 4) is 16.9 Å². The maximum Gasteiger partial charge on any atom is 0.269 e. The fraction of sp³-hybridized carbons (Fsp3) is 0.289. The second-order valence-corrected chi connectivity index (χ2v) is 12.3. The van der Waals surface area contributed by atoms with Crippen LogP contribution in [0.15, 0.2) is 103 Å². The molecule has 0 atom stereocenters. The summed E-state index contributed by atoms with van der Waals surface area (Å²) in [5.41, 5.74) is 7.84. The van der Waals surface area contributed by atoms with Gasteiger partial charge in [-0.2, -0.15) is 0 Å². The molecule has 0 radical (unpaired) electrons. The largest absolute Gasteiger partial charge is 0.326 e. The third-order valence-corrected chi connectivity index (χ3v) is 8.98. The number of aryl methyl sites for hydroxylation is 1. The standard InChI is InChI=1S/C38H40N4O3/c1-27(2)38(43)39-31-11-8-10-30(26-31)28-21-24-40(25-22-28)23-9-15-35-34-14-6-7-16-36(34)41(32-12-4-3-5-13-32)37(35)29-17-19-33(20-18-29)42(44)45/h3-8,10-14,16-20,26-28H,9,15,21-25H2,1-2H3,(H,39,43). The number of carbonyl (C=O) groups excluding carboxylic acids is 1. The number of hydrogen-bond acceptors (Lipinski definition) is 4. The van der Waals surface area contributed by atoms with E-state index in [1.807, 2.05) is 56.3 Å². The molecule has 5 aromatic rings. The Labute approximate surface area is 264 Å². The van der Waals surface area contributed by atoms with E-state index < -0.39 is 0 Å². The molecule has 1 aromatic heterocycles. The number of rotatable bonds is 10. The van der Waals surface area contributed by atoms with Gasteiger partial charge < -0.3 is 14.8 Å². The van der Waals surface area contributed by atoms with Crippen LogP contribution in [0.25, 0.3) is 27.8 Å². The highest BCUT2D eigenvalue weighted by atomic mass is 16.6. The summed E-state index contributed by atoms with van der Waals surface area (Å²) in [4.78, 5) is 25.8. The highest BCUT2D eigenvalue weighted by molar-refractivity contribution is 5.94. The van der Waals surface area contributed by atoms with Gasteiger partial charge in [-0.25, -0.2) is 0 Å². The van der Waals surface area contributed by atoms with E-state index in [0.717, 1.165) is 73.5 Å². The third-order valence-electron chi connectivity index (χ3n) is 8.98. The number of nitrogens with one attached hydrogen (secondary N) is 1. The topological polar surface area (TPSA) is 80.4 Å². The van der Waals surface area contributed by atoms with Gasteiger partial charge in [0.1, 0.15) is 0 Å². The van der Waals surface area contributed by atoms with Crippen LogP contribution in [0.5, 0.6) is 0 Å². The Morgan fingerprint density at radius 1 is 0.911 bits per heavy atom. The number of non-ortho nitro benzene ring substituents is 1. The summed E-state index contributed by atoms with van der Waals surface area (Å²) in [6, 6.07) is 34.2. The summed E-state index contributed by atoms with van der Waals surface area (Å²) in [6.45, 7) is 6.93. The number of carbonyl (C=O) groups is 1. The molecule has 0 bridgehead atoms. The number of piperidine rings is 1. The van der Waals surface area contributed by atoms with Gasteiger partial charge in [0.2, 0.25) is 5.91 Å². The Bertz CT molecular complexity index is 1790. The van der Waals surface area contributed by atoms with Crippen molar-refractivity contribution < 1.29 is 9.72 Å². The SMILES string of the molecule is CC(C)C(=O)Nc1cccc(C2CCN(CCCc3c(-c4ccc([N+](=O)[O-])cc4)n(-c4ccccc4)c4ccccc34)CC2)c1. The van der Waals surface area contributed by atoms with Crippen LogP contribution in [0, 0.1) is 16.0 Å². The highest BCUT2D eigenvalue weighted by Gasteiger charge is 2.23. The van der Waals surface area contributed by atoms with Crippen LogP contribution in [0.2, 0.25) is 0 Å². The summed E-state index contributed by atoms with van der Waals surface area (Å²) in [5, 5.41) is 15.7. The summed E-state index contributed by atoms with van der Waals surface area (Å²) in [7, 11) is 0. The molecule has 1 aliphatic heterocycles. The van der Waals surface area contributed by atoms with Crippen LogP contribution in [-0.2, 0) is 11.2 Å². The molecular formula is C38H40N4O3. The number of nitrogens with zero attached hydrogens (tertiary/aromatic N) is 3. The molecule has 1 amide bonds. The zero-order valence-electron chi connectivity index (χ0n) is 26.0. The van der Waals surface area contributed by atoms with Gasteiger partial charge in [0, 0.05) is 34.8 Å². The highest BCUT2D eigenvalue weighted by Crippen LogP contribution is 2.38. The Hall–Kier alpha value is -4.75. The summed E-state index contributed by atoms with van der Waals surface area (Å²) in [5.74, 6) is 0.498. The Kier molecular flexibility index (Phi) is 9.08. The molecule has 230 valence electrons. The van der Waals surface area contributed by atoms with E-state index in [-0.39, 0.29) is 22.4 Å². The molecule has 6 rings (SSSR count). The van der Waals surface area contributed by atoms with Crippen LogP contribution in [0.3, 0.4) is 0 Å². The minimum Gasteiger partial charge on any atom is -0.326 e. The van der Waals surface area contributed by atoms with Crippen LogP contribution >= 0.6 is 0 Å². The van der Waals surface area contributed by atoms with Gasteiger partial charge in [-0.15, -0.1) is 0 Å². The average Bonchev–Trinajstić information content (AvgIpc) is 3.39. The van der Waals surface area contributed by atoms with Crippen molar-refractivity contribution in [2.45, 2.75) is 45.4 Å². The second kappa shape index (κ2) is 13.5. The number of para-hydroxylation sites is 2. The Balaban J connectivity index is 1.19. The van der Waals surface area contributed by atoms with Crippen LogP contribution in [0.1, 0.15) is 50.2 Å². The fourth-order valence-electron chi connectivity index (χ4n) is 6.58. The summed E-state index contributed by atoms with van der Waals surface area (Å²) >= 11 is 0. The fourth-order valence-corrected chi connectivity index (χ4v) is 6.58. The number of benzene rings is 4. The number of anilines is 1. The van der Waals surface area contributed by atoms with Gasteiger partial charge in [0.15, 0.2) is 0 Å². The average molecular weight is 601 g/mol. The van der Waals surface area contributed by atoms with Crippen molar-refractivity contribution in [1.82, 2.24) is 9.47 Å². The van der Waals surface area contributed by atoms with Crippen LogP contribution in [0.4, 0.5) is 11.4 Å². The molecule has 0 spiro atoms. The smallest absolute Gasteiger partial charge is 0.269 e. The number of aromatic nitrogens is 1. The molecule has 0 unspecified atom stereocenters. The van der Waals surface area contributed by atoms with Crippen LogP contribution in [-0.4, -0.2) is 39.9 Å². The van der Waals surface area contributed by atoms with Crippen molar-refractivity contribution in [2.75, 3.05) is 25.0 Å². The molecule has 2 heterocycles. The van der Waals surface area contributed by atoms with Gasteiger partial charge in [-0.05, 0) is 110 Å². The first kappa shape index (κ1) is 30.3. The molecule has 1 N–H and O–H groups in total. The van der Waals surface area contributed by atoms with Crippen molar-refractivity contribution in [1.29, 1.82) is 0 Å². The van der Waals surface area contributed by atoms with Crippen molar-refractivity contribution in [3.05, 3.63) is 124 Å². The lowest BCUT2D eigenvalue weighted by molar-refractivity contribution is -0.384. The number of likely N-dealkylation sites (tertiary alicyclic amines) is 1. The molecular weight excluding hydrogens is 560 g/mol.